The van der Waals surface area contributed by atoms with E-state index in [0.29, 0.717) is 5.41 Å². The summed E-state index contributed by atoms with van der Waals surface area (Å²) in [5.41, 5.74) is 7.95. The summed E-state index contributed by atoms with van der Waals surface area (Å²) in [6.07, 6.45) is 8.71. The van der Waals surface area contributed by atoms with Gasteiger partial charge in [-0.15, -0.1) is 11.3 Å². The number of rotatable bonds is 2. The first-order valence-electron chi connectivity index (χ1n) is 6.38. The second-order valence-electron chi connectivity index (χ2n) is 5.82. The zero-order chi connectivity index (χ0) is 11.2. The lowest BCUT2D eigenvalue weighted by molar-refractivity contribution is 0.295. The molecule has 2 nitrogen and oxygen atoms in total. The zero-order valence-electron chi connectivity index (χ0n) is 9.96. The molecule has 0 atom stereocenters. The van der Waals surface area contributed by atoms with Crippen LogP contribution in [-0.2, 0) is 11.0 Å². The van der Waals surface area contributed by atoms with Crippen LogP contribution in [-0.4, -0.2) is 4.98 Å². The molecule has 2 N–H and O–H groups in total. The van der Waals surface area contributed by atoms with Crippen LogP contribution in [0.3, 0.4) is 0 Å². The molecular formula is C13H20N2S. The van der Waals surface area contributed by atoms with Gasteiger partial charge >= 0.3 is 0 Å². The SMILES string of the molecule is CC1(c2nc(C3(N)CCCCC3)cs2)CC1. The van der Waals surface area contributed by atoms with Crippen LogP contribution in [0.5, 0.6) is 0 Å². The van der Waals surface area contributed by atoms with E-state index in [0.717, 1.165) is 12.8 Å². The van der Waals surface area contributed by atoms with Gasteiger partial charge in [-0.1, -0.05) is 26.2 Å². The van der Waals surface area contributed by atoms with Crippen LogP contribution in [0.1, 0.15) is 62.6 Å². The summed E-state index contributed by atoms with van der Waals surface area (Å²) in [6.45, 7) is 2.32. The molecule has 2 fully saturated rings. The van der Waals surface area contributed by atoms with Gasteiger partial charge in [0, 0.05) is 10.8 Å². The number of nitrogens with two attached hydrogens (primary N) is 1. The Kier molecular flexibility index (Phi) is 2.37. The number of hydrogen-bond acceptors (Lipinski definition) is 3. The quantitative estimate of drug-likeness (QED) is 0.855. The average molecular weight is 236 g/mol. The Balaban J connectivity index is 1.85. The Morgan fingerprint density at radius 3 is 2.50 bits per heavy atom. The average Bonchev–Trinajstić information content (AvgIpc) is 2.84. The first-order valence-corrected chi connectivity index (χ1v) is 7.26. The van der Waals surface area contributed by atoms with Gasteiger partial charge in [0.2, 0.25) is 0 Å². The molecule has 16 heavy (non-hydrogen) atoms. The van der Waals surface area contributed by atoms with Gasteiger partial charge in [0.1, 0.15) is 0 Å². The minimum absolute atomic E-state index is 0.113. The van der Waals surface area contributed by atoms with Crippen LogP contribution in [0.2, 0.25) is 0 Å². The highest BCUT2D eigenvalue weighted by Crippen LogP contribution is 2.49. The van der Waals surface area contributed by atoms with Crippen LogP contribution in [0, 0.1) is 0 Å². The summed E-state index contributed by atoms with van der Waals surface area (Å²) in [5.74, 6) is 0. The molecule has 1 heterocycles. The largest absolute Gasteiger partial charge is 0.320 e. The van der Waals surface area contributed by atoms with Crippen molar-refractivity contribution in [3.05, 3.63) is 16.1 Å². The van der Waals surface area contributed by atoms with Crippen LogP contribution in [0.4, 0.5) is 0 Å². The normalized spacial score (nSPS) is 26.6. The Hall–Kier alpha value is -0.410. The van der Waals surface area contributed by atoms with Crippen molar-refractivity contribution in [1.82, 2.24) is 4.98 Å². The molecule has 3 heteroatoms. The van der Waals surface area contributed by atoms with E-state index in [2.05, 4.69) is 12.3 Å². The van der Waals surface area contributed by atoms with E-state index in [1.807, 2.05) is 11.3 Å². The first kappa shape index (κ1) is 10.7. The topological polar surface area (TPSA) is 38.9 Å². The van der Waals surface area contributed by atoms with Crippen LogP contribution in [0.15, 0.2) is 5.38 Å². The van der Waals surface area contributed by atoms with Crippen molar-refractivity contribution in [1.29, 1.82) is 0 Å². The Morgan fingerprint density at radius 1 is 1.19 bits per heavy atom. The monoisotopic (exact) mass is 236 g/mol. The van der Waals surface area contributed by atoms with Crippen molar-refractivity contribution in [3.8, 4) is 0 Å². The van der Waals surface area contributed by atoms with Crippen molar-refractivity contribution < 1.29 is 0 Å². The molecule has 1 aromatic rings. The Labute approximate surface area is 101 Å². The van der Waals surface area contributed by atoms with Crippen molar-refractivity contribution in [3.63, 3.8) is 0 Å². The Morgan fingerprint density at radius 2 is 1.88 bits per heavy atom. The molecule has 2 aliphatic rings. The maximum absolute atomic E-state index is 6.50. The molecule has 0 aliphatic heterocycles. The lowest BCUT2D eigenvalue weighted by Gasteiger charge is -2.31. The highest BCUT2D eigenvalue weighted by molar-refractivity contribution is 7.09. The van der Waals surface area contributed by atoms with E-state index in [9.17, 15) is 0 Å². The summed E-state index contributed by atoms with van der Waals surface area (Å²) in [7, 11) is 0. The fourth-order valence-corrected chi connectivity index (χ4v) is 3.77. The molecule has 0 saturated heterocycles. The maximum atomic E-state index is 6.50. The zero-order valence-corrected chi connectivity index (χ0v) is 10.8. The summed E-state index contributed by atoms with van der Waals surface area (Å²) in [6, 6.07) is 0. The van der Waals surface area contributed by atoms with Gasteiger partial charge in [-0.2, -0.15) is 0 Å². The van der Waals surface area contributed by atoms with E-state index in [1.54, 1.807) is 0 Å². The smallest absolute Gasteiger partial charge is 0.0988 e. The van der Waals surface area contributed by atoms with Gasteiger partial charge in [0.25, 0.3) is 0 Å². The molecule has 0 unspecified atom stereocenters. The van der Waals surface area contributed by atoms with Gasteiger partial charge in [-0.05, 0) is 25.7 Å². The third-order valence-electron chi connectivity index (χ3n) is 4.28. The lowest BCUT2D eigenvalue weighted by atomic mass is 9.80. The summed E-state index contributed by atoms with van der Waals surface area (Å²) in [5, 5.41) is 3.53. The third kappa shape index (κ3) is 1.70. The van der Waals surface area contributed by atoms with Crippen LogP contribution >= 0.6 is 11.3 Å². The van der Waals surface area contributed by atoms with Gasteiger partial charge in [0.05, 0.1) is 16.2 Å². The van der Waals surface area contributed by atoms with E-state index >= 15 is 0 Å². The molecule has 0 spiro atoms. The predicted octanol–water partition coefficient (Wildman–Crippen LogP) is 3.31. The number of thiazole rings is 1. The van der Waals surface area contributed by atoms with Crippen molar-refractivity contribution >= 4 is 11.3 Å². The molecule has 0 amide bonds. The molecule has 88 valence electrons. The predicted molar refractivity (Wildman–Crippen MR) is 67.7 cm³/mol. The summed E-state index contributed by atoms with van der Waals surface area (Å²) >= 11 is 1.82. The van der Waals surface area contributed by atoms with Crippen molar-refractivity contribution in [2.24, 2.45) is 5.73 Å². The molecule has 1 aromatic heterocycles. The molecule has 0 radical (unpaired) electrons. The molecule has 0 bridgehead atoms. The molecule has 2 saturated carbocycles. The van der Waals surface area contributed by atoms with Crippen molar-refractivity contribution in [2.45, 2.75) is 62.8 Å². The lowest BCUT2D eigenvalue weighted by Crippen LogP contribution is -2.39. The highest BCUT2D eigenvalue weighted by Gasteiger charge is 2.43. The van der Waals surface area contributed by atoms with Gasteiger partial charge in [0.15, 0.2) is 0 Å². The van der Waals surface area contributed by atoms with Crippen LogP contribution < -0.4 is 5.73 Å². The summed E-state index contributed by atoms with van der Waals surface area (Å²) < 4.78 is 0. The van der Waals surface area contributed by atoms with Gasteiger partial charge in [-0.25, -0.2) is 4.98 Å². The fraction of sp³-hybridized carbons (Fsp3) is 0.769. The molecule has 0 aromatic carbocycles. The minimum Gasteiger partial charge on any atom is -0.320 e. The van der Waals surface area contributed by atoms with E-state index in [-0.39, 0.29) is 5.54 Å². The minimum atomic E-state index is -0.113. The summed E-state index contributed by atoms with van der Waals surface area (Å²) in [4.78, 5) is 4.83. The molecular weight excluding hydrogens is 216 g/mol. The standard InChI is InChI=1S/C13H20N2S/c1-12(7-8-12)11-15-10(9-16-11)13(14)5-3-2-4-6-13/h9H,2-8,14H2,1H3. The van der Waals surface area contributed by atoms with E-state index < -0.39 is 0 Å². The van der Waals surface area contributed by atoms with Gasteiger partial charge in [-0.3, -0.25) is 0 Å². The Bertz CT molecular complexity index is 386. The number of nitrogens with zero attached hydrogens (tertiary/aromatic N) is 1. The molecule has 2 aliphatic carbocycles. The van der Waals surface area contributed by atoms with Gasteiger partial charge < -0.3 is 5.73 Å². The second-order valence-corrected chi connectivity index (χ2v) is 6.67. The third-order valence-corrected chi connectivity index (χ3v) is 5.42. The second kappa shape index (κ2) is 3.54. The fourth-order valence-electron chi connectivity index (χ4n) is 2.62. The first-order chi connectivity index (χ1) is 7.62. The van der Waals surface area contributed by atoms with Crippen molar-refractivity contribution in [2.75, 3.05) is 0 Å². The highest BCUT2D eigenvalue weighted by atomic mass is 32.1. The van der Waals surface area contributed by atoms with E-state index in [4.69, 9.17) is 10.7 Å². The number of hydrogen-bond donors (Lipinski definition) is 1. The van der Waals surface area contributed by atoms with Crippen LogP contribution in [0.25, 0.3) is 0 Å². The molecule has 3 rings (SSSR count). The number of aromatic nitrogens is 1. The maximum Gasteiger partial charge on any atom is 0.0988 e. The van der Waals surface area contributed by atoms with E-state index in [1.165, 1.54) is 42.8 Å².